The molecule has 0 saturated carbocycles. The Morgan fingerprint density at radius 2 is 2.24 bits per heavy atom. The molecule has 0 radical (unpaired) electrons. The molecule has 3 nitrogen and oxygen atoms in total. The van der Waals surface area contributed by atoms with E-state index in [1.807, 2.05) is 18.0 Å². The molecular formula is C15H22ClFN2OS. The maximum atomic E-state index is 13.4. The molecule has 1 aromatic carbocycles. The van der Waals surface area contributed by atoms with Gasteiger partial charge in [-0.1, -0.05) is 12.1 Å². The Hall–Kier alpha value is -0.780. The molecule has 1 aromatic rings. The number of carbonyl (C=O) groups excluding carboxylic acids is 1. The molecule has 6 heteroatoms. The minimum Gasteiger partial charge on any atom is -0.341 e. The monoisotopic (exact) mass is 332 g/mol. The highest BCUT2D eigenvalue weighted by molar-refractivity contribution is 7.99. The van der Waals surface area contributed by atoms with Crippen LogP contribution in [-0.4, -0.2) is 42.7 Å². The van der Waals surface area contributed by atoms with Gasteiger partial charge < -0.3 is 10.2 Å². The molecule has 1 fully saturated rings. The SMILES string of the molecule is CNC1CCCN(C(=O)CCSc2ccccc2F)C1.Cl. The fourth-order valence-corrected chi connectivity index (χ4v) is 3.28. The van der Waals surface area contributed by atoms with Crippen LogP contribution in [0.25, 0.3) is 0 Å². The van der Waals surface area contributed by atoms with Gasteiger partial charge in [0.15, 0.2) is 0 Å². The molecule has 0 spiro atoms. The molecule has 1 aliphatic heterocycles. The number of thioether (sulfide) groups is 1. The highest BCUT2D eigenvalue weighted by atomic mass is 35.5. The number of halogens is 2. The number of amides is 1. The van der Waals surface area contributed by atoms with Gasteiger partial charge in [0.25, 0.3) is 0 Å². The molecule has 0 aliphatic carbocycles. The Morgan fingerprint density at radius 1 is 1.48 bits per heavy atom. The van der Waals surface area contributed by atoms with E-state index in [-0.39, 0.29) is 24.1 Å². The molecule has 118 valence electrons. The Morgan fingerprint density at radius 3 is 2.95 bits per heavy atom. The number of nitrogens with zero attached hydrogens (tertiary/aromatic N) is 1. The number of hydrogen-bond acceptors (Lipinski definition) is 3. The van der Waals surface area contributed by atoms with Crippen molar-refractivity contribution in [3.8, 4) is 0 Å². The highest BCUT2D eigenvalue weighted by Gasteiger charge is 2.22. The third-order valence-corrected chi connectivity index (χ3v) is 4.64. The number of likely N-dealkylation sites (tertiary alicyclic amines) is 1. The van der Waals surface area contributed by atoms with Gasteiger partial charge in [-0.25, -0.2) is 4.39 Å². The lowest BCUT2D eigenvalue weighted by atomic mass is 10.1. The van der Waals surface area contributed by atoms with E-state index in [1.54, 1.807) is 12.1 Å². The molecule has 0 bridgehead atoms. The smallest absolute Gasteiger partial charge is 0.223 e. The van der Waals surface area contributed by atoms with Crippen molar-refractivity contribution < 1.29 is 9.18 Å². The number of piperidine rings is 1. The van der Waals surface area contributed by atoms with Crippen molar-refractivity contribution in [1.82, 2.24) is 10.2 Å². The van der Waals surface area contributed by atoms with Gasteiger partial charge >= 0.3 is 0 Å². The maximum absolute atomic E-state index is 13.4. The summed E-state index contributed by atoms with van der Waals surface area (Å²) in [4.78, 5) is 14.7. The minimum atomic E-state index is -0.210. The predicted molar refractivity (Wildman–Crippen MR) is 87.7 cm³/mol. The molecular weight excluding hydrogens is 311 g/mol. The molecule has 0 aromatic heterocycles. The van der Waals surface area contributed by atoms with Crippen molar-refractivity contribution in [2.75, 3.05) is 25.9 Å². The number of rotatable bonds is 5. The summed E-state index contributed by atoms with van der Waals surface area (Å²) in [7, 11) is 1.94. The fourth-order valence-electron chi connectivity index (χ4n) is 2.41. The summed E-state index contributed by atoms with van der Waals surface area (Å²) in [5, 5.41) is 3.23. The molecule has 1 unspecified atom stereocenters. The van der Waals surface area contributed by atoms with Gasteiger partial charge in [-0.05, 0) is 32.0 Å². The van der Waals surface area contributed by atoms with E-state index in [1.165, 1.54) is 17.8 Å². The summed E-state index contributed by atoms with van der Waals surface area (Å²) in [5.74, 6) is 0.590. The van der Waals surface area contributed by atoms with Crippen molar-refractivity contribution in [1.29, 1.82) is 0 Å². The van der Waals surface area contributed by atoms with Crippen LogP contribution in [0.15, 0.2) is 29.2 Å². The molecule has 1 aliphatic rings. The second kappa shape index (κ2) is 9.28. The summed E-state index contributed by atoms with van der Waals surface area (Å²) in [6.45, 7) is 1.64. The van der Waals surface area contributed by atoms with Crippen LogP contribution < -0.4 is 5.32 Å². The van der Waals surface area contributed by atoms with Gasteiger partial charge in [0.05, 0.1) is 0 Å². The van der Waals surface area contributed by atoms with E-state index in [0.717, 1.165) is 25.9 Å². The standard InChI is InChI=1S/C15H21FN2OS.ClH/c1-17-12-5-4-9-18(11-12)15(19)8-10-20-14-7-3-2-6-13(14)16;/h2-3,6-7,12,17H,4-5,8-11H2,1H3;1H. The lowest BCUT2D eigenvalue weighted by Crippen LogP contribution is -2.47. The molecule has 1 amide bonds. The van der Waals surface area contributed by atoms with E-state index < -0.39 is 0 Å². The number of likely N-dealkylation sites (N-methyl/N-ethyl adjacent to an activating group) is 1. The van der Waals surface area contributed by atoms with Crippen molar-refractivity contribution in [3.05, 3.63) is 30.1 Å². The van der Waals surface area contributed by atoms with Crippen LogP contribution in [0, 0.1) is 5.82 Å². The van der Waals surface area contributed by atoms with Crippen LogP contribution in [-0.2, 0) is 4.79 Å². The Labute approximate surface area is 136 Å². The molecule has 21 heavy (non-hydrogen) atoms. The first-order valence-electron chi connectivity index (χ1n) is 7.03. The number of benzene rings is 1. The molecule has 1 heterocycles. The first-order valence-corrected chi connectivity index (χ1v) is 8.01. The summed E-state index contributed by atoms with van der Waals surface area (Å²) in [6.07, 6.45) is 2.65. The fraction of sp³-hybridized carbons (Fsp3) is 0.533. The van der Waals surface area contributed by atoms with Gasteiger partial charge in [-0.15, -0.1) is 24.2 Å². The maximum Gasteiger partial charge on any atom is 0.223 e. The van der Waals surface area contributed by atoms with Crippen LogP contribution in [0.1, 0.15) is 19.3 Å². The molecule has 1 saturated heterocycles. The Bertz CT molecular complexity index is 461. The second-order valence-corrected chi connectivity index (χ2v) is 6.13. The van der Waals surface area contributed by atoms with Crippen molar-refractivity contribution >= 4 is 30.1 Å². The zero-order valence-electron chi connectivity index (χ0n) is 12.2. The minimum absolute atomic E-state index is 0. The molecule has 1 N–H and O–H groups in total. The molecule has 1 atom stereocenters. The van der Waals surface area contributed by atoms with Crippen LogP contribution >= 0.6 is 24.2 Å². The lowest BCUT2D eigenvalue weighted by Gasteiger charge is -2.32. The topological polar surface area (TPSA) is 32.3 Å². The number of nitrogens with one attached hydrogen (secondary N) is 1. The lowest BCUT2D eigenvalue weighted by molar-refractivity contribution is -0.132. The number of carbonyl (C=O) groups is 1. The summed E-state index contributed by atoms with van der Waals surface area (Å²) >= 11 is 1.41. The third-order valence-electron chi connectivity index (χ3n) is 3.59. The van der Waals surface area contributed by atoms with Gasteiger partial charge in [0.2, 0.25) is 5.91 Å². The first-order chi connectivity index (χ1) is 9.70. The van der Waals surface area contributed by atoms with E-state index >= 15 is 0 Å². The van der Waals surface area contributed by atoms with Crippen LogP contribution in [0.2, 0.25) is 0 Å². The Balaban J connectivity index is 0.00000220. The average molecular weight is 333 g/mol. The summed E-state index contributed by atoms with van der Waals surface area (Å²) < 4.78 is 13.4. The second-order valence-electron chi connectivity index (χ2n) is 5.00. The van der Waals surface area contributed by atoms with Crippen molar-refractivity contribution in [2.45, 2.75) is 30.2 Å². The van der Waals surface area contributed by atoms with Gasteiger partial charge in [0.1, 0.15) is 5.82 Å². The Kier molecular flexibility index (Phi) is 8.07. The van der Waals surface area contributed by atoms with Crippen LogP contribution in [0.5, 0.6) is 0 Å². The normalized spacial score (nSPS) is 18.2. The van der Waals surface area contributed by atoms with Gasteiger partial charge in [-0.3, -0.25) is 4.79 Å². The van der Waals surface area contributed by atoms with Crippen LogP contribution in [0.4, 0.5) is 4.39 Å². The largest absolute Gasteiger partial charge is 0.341 e. The van der Waals surface area contributed by atoms with E-state index in [0.29, 0.717) is 23.1 Å². The quantitative estimate of drug-likeness (QED) is 0.841. The first kappa shape index (κ1) is 18.3. The summed E-state index contributed by atoms with van der Waals surface area (Å²) in [6, 6.07) is 7.10. The number of hydrogen-bond donors (Lipinski definition) is 1. The van der Waals surface area contributed by atoms with Crippen LogP contribution in [0.3, 0.4) is 0 Å². The highest BCUT2D eigenvalue weighted by Crippen LogP contribution is 2.22. The van der Waals surface area contributed by atoms with Crippen molar-refractivity contribution in [2.24, 2.45) is 0 Å². The van der Waals surface area contributed by atoms with Gasteiger partial charge in [-0.2, -0.15) is 0 Å². The van der Waals surface area contributed by atoms with Gasteiger partial charge in [0, 0.05) is 36.2 Å². The summed E-state index contributed by atoms with van der Waals surface area (Å²) in [5.41, 5.74) is 0. The zero-order chi connectivity index (χ0) is 14.4. The zero-order valence-corrected chi connectivity index (χ0v) is 13.8. The van der Waals surface area contributed by atoms with E-state index in [4.69, 9.17) is 0 Å². The average Bonchev–Trinajstić information content (AvgIpc) is 2.49. The third kappa shape index (κ3) is 5.49. The van der Waals surface area contributed by atoms with E-state index in [2.05, 4.69) is 5.32 Å². The van der Waals surface area contributed by atoms with E-state index in [9.17, 15) is 9.18 Å². The predicted octanol–water partition coefficient (Wildman–Crippen LogP) is 2.94. The molecule has 2 rings (SSSR count). The van der Waals surface area contributed by atoms with Crippen molar-refractivity contribution in [3.63, 3.8) is 0 Å².